The van der Waals surface area contributed by atoms with E-state index >= 15 is 0 Å². The summed E-state index contributed by atoms with van der Waals surface area (Å²) >= 11 is 0. The Hall–Kier alpha value is -4.21. The Morgan fingerprint density at radius 1 is 1.20 bits per heavy atom. The molecule has 0 saturated carbocycles. The minimum atomic E-state index is -0.980. The summed E-state index contributed by atoms with van der Waals surface area (Å²) in [6.45, 7) is 1.30. The third kappa shape index (κ3) is 5.48. The molecule has 9 nitrogen and oxygen atoms in total. The monoisotopic (exact) mass is 479 g/mol. The molecule has 182 valence electrons. The Bertz CT molecular complexity index is 1210. The van der Waals surface area contributed by atoms with Gasteiger partial charge < -0.3 is 14.8 Å². The van der Waals surface area contributed by atoms with Crippen LogP contribution in [-0.2, 0) is 11.3 Å². The quantitative estimate of drug-likeness (QED) is 0.480. The summed E-state index contributed by atoms with van der Waals surface area (Å²) in [5.41, 5.74) is 3.24. The first-order valence-electron chi connectivity index (χ1n) is 11.2. The third-order valence-corrected chi connectivity index (χ3v) is 5.76. The van der Waals surface area contributed by atoms with Crippen LogP contribution in [0.25, 0.3) is 0 Å². The molecule has 1 atom stereocenters. The summed E-state index contributed by atoms with van der Waals surface area (Å²) < 4.78 is 23.2. The fourth-order valence-electron chi connectivity index (χ4n) is 3.89. The molecule has 1 aliphatic rings. The molecular formula is C25H26FN5O4. The van der Waals surface area contributed by atoms with E-state index in [2.05, 4.69) is 20.6 Å². The van der Waals surface area contributed by atoms with Crippen molar-refractivity contribution >= 4 is 23.2 Å². The molecule has 3 aromatic rings. The molecule has 10 heteroatoms. The van der Waals surface area contributed by atoms with Crippen LogP contribution < -0.4 is 14.8 Å². The lowest BCUT2D eigenvalue weighted by atomic mass is 9.89. The molecule has 1 aliphatic heterocycles. The summed E-state index contributed by atoms with van der Waals surface area (Å²) in [5.74, 6) is 0.236. The molecule has 1 unspecified atom stereocenters. The van der Waals surface area contributed by atoms with E-state index in [-0.39, 0.29) is 30.0 Å². The van der Waals surface area contributed by atoms with Gasteiger partial charge in [-0.15, -0.1) is 0 Å². The second-order valence-corrected chi connectivity index (χ2v) is 7.98. The Morgan fingerprint density at radius 3 is 2.66 bits per heavy atom. The number of anilines is 1. The number of carbonyl (C=O) groups is 2. The zero-order chi connectivity index (χ0) is 24.8. The van der Waals surface area contributed by atoms with Crippen LogP contribution >= 0.6 is 0 Å². The fourth-order valence-corrected chi connectivity index (χ4v) is 3.89. The van der Waals surface area contributed by atoms with Crippen molar-refractivity contribution in [1.29, 1.82) is 0 Å². The molecule has 2 amide bonds. The van der Waals surface area contributed by atoms with E-state index in [0.29, 0.717) is 23.6 Å². The summed E-state index contributed by atoms with van der Waals surface area (Å²) in [5, 5.41) is 15.3. The van der Waals surface area contributed by atoms with Gasteiger partial charge in [-0.25, -0.2) is 9.40 Å². The van der Waals surface area contributed by atoms with Gasteiger partial charge in [0.15, 0.2) is 11.5 Å². The first-order chi connectivity index (χ1) is 17.0. The number of hydrazone groups is 1. The van der Waals surface area contributed by atoms with Crippen LogP contribution in [0.4, 0.5) is 10.1 Å². The second-order valence-electron chi connectivity index (χ2n) is 7.98. The lowest BCUT2D eigenvalue weighted by molar-refractivity contribution is -0.133. The highest BCUT2D eigenvalue weighted by atomic mass is 19.1. The highest BCUT2D eigenvalue weighted by Gasteiger charge is 2.29. The van der Waals surface area contributed by atoms with E-state index in [1.54, 1.807) is 36.5 Å². The maximum Gasteiger partial charge on any atom is 0.276 e. The molecule has 2 heterocycles. The summed E-state index contributed by atoms with van der Waals surface area (Å²) in [7, 11) is 1.49. The highest BCUT2D eigenvalue weighted by Crippen LogP contribution is 2.32. The van der Waals surface area contributed by atoms with Crippen LogP contribution in [0, 0.1) is 5.92 Å². The number of H-pyrrole nitrogens is 1. The number of hydrogen-bond acceptors (Lipinski definition) is 6. The molecule has 4 rings (SSSR count). The molecule has 0 radical (unpaired) electrons. The molecule has 0 aliphatic carbocycles. The summed E-state index contributed by atoms with van der Waals surface area (Å²) in [4.78, 5) is 25.0. The van der Waals surface area contributed by atoms with Gasteiger partial charge in [-0.2, -0.15) is 10.2 Å². The predicted octanol–water partition coefficient (Wildman–Crippen LogP) is 4.14. The van der Waals surface area contributed by atoms with Crippen molar-refractivity contribution in [3.05, 3.63) is 71.5 Å². The van der Waals surface area contributed by atoms with Crippen molar-refractivity contribution in [3.63, 3.8) is 0 Å². The van der Waals surface area contributed by atoms with Crippen LogP contribution in [0.15, 0.2) is 59.8 Å². The zero-order valence-electron chi connectivity index (χ0n) is 19.5. The number of benzene rings is 2. The Balaban J connectivity index is 1.53. The second kappa shape index (κ2) is 10.8. The van der Waals surface area contributed by atoms with E-state index in [1.807, 2.05) is 25.1 Å². The maximum atomic E-state index is 12.8. The number of methoxy groups -OCH3 is 1. The molecule has 0 bridgehead atoms. The maximum absolute atomic E-state index is 12.8. The van der Waals surface area contributed by atoms with Crippen LogP contribution in [0.3, 0.4) is 0 Å². The number of amides is 2. The SMILES string of the molecule is CCC1CC(=O)N(Cc2ccc(NC(=O)c3cc[nH]n3)cc2)N=C1c1ccc(OC)c(OCF)c1. The Morgan fingerprint density at radius 2 is 2.00 bits per heavy atom. The fraction of sp³-hybridized carbons (Fsp3) is 0.280. The van der Waals surface area contributed by atoms with Crippen molar-refractivity contribution in [1.82, 2.24) is 15.2 Å². The van der Waals surface area contributed by atoms with Crippen molar-refractivity contribution in [2.45, 2.75) is 26.3 Å². The van der Waals surface area contributed by atoms with Crippen molar-refractivity contribution in [3.8, 4) is 11.5 Å². The van der Waals surface area contributed by atoms with E-state index in [9.17, 15) is 14.0 Å². The summed E-state index contributed by atoms with van der Waals surface area (Å²) in [6.07, 6.45) is 2.62. The number of alkyl halides is 1. The van der Waals surface area contributed by atoms with Gasteiger partial charge in [-0.1, -0.05) is 19.1 Å². The zero-order valence-corrected chi connectivity index (χ0v) is 19.5. The van der Waals surface area contributed by atoms with Gasteiger partial charge in [0, 0.05) is 29.8 Å². The number of ether oxygens (including phenoxy) is 2. The van der Waals surface area contributed by atoms with E-state index in [1.165, 1.54) is 12.1 Å². The highest BCUT2D eigenvalue weighted by molar-refractivity contribution is 6.06. The smallest absolute Gasteiger partial charge is 0.276 e. The number of hydrogen-bond donors (Lipinski definition) is 2. The number of carbonyl (C=O) groups excluding carboxylic acids is 2. The van der Waals surface area contributed by atoms with Gasteiger partial charge in [0.05, 0.1) is 19.4 Å². The topological polar surface area (TPSA) is 109 Å². The first kappa shape index (κ1) is 23.9. The van der Waals surface area contributed by atoms with Gasteiger partial charge in [-0.3, -0.25) is 14.7 Å². The average molecular weight is 480 g/mol. The van der Waals surface area contributed by atoms with E-state index in [0.717, 1.165) is 23.3 Å². The number of nitrogens with zero attached hydrogens (tertiary/aromatic N) is 3. The molecular weight excluding hydrogens is 453 g/mol. The van der Waals surface area contributed by atoms with Gasteiger partial charge in [0.2, 0.25) is 12.8 Å². The summed E-state index contributed by atoms with van der Waals surface area (Å²) in [6, 6.07) is 14.0. The van der Waals surface area contributed by atoms with Crippen LogP contribution in [-0.4, -0.2) is 46.7 Å². The average Bonchev–Trinajstić information content (AvgIpc) is 3.42. The number of aromatic amines is 1. The molecule has 35 heavy (non-hydrogen) atoms. The van der Waals surface area contributed by atoms with Crippen molar-refractivity contribution in [2.75, 3.05) is 19.3 Å². The minimum Gasteiger partial charge on any atom is -0.493 e. The van der Waals surface area contributed by atoms with Gasteiger partial charge in [-0.05, 0) is 48.4 Å². The Kier molecular flexibility index (Phi) is 7.39. The first-order valence-corrected chi connectivity index (χ1v) is 11.2. The molecule has 1 aromatic heterocycles. The van der Waals surface area contributed by atoms with Gasteiger partial charge in [0.1, 0.15) is 5.69 Å². The lowest BCUT2D eigenvalue weighted by Gasteiger charge is -2.29. The van der Waals surface area contributed by atoms with E-state index < -0.39 is 6.86 Å². The van der Waals surface area contributed by atoms with Crippen molar-refractivity contribution in [2.24, 2.45) is 11.0 Å². The van der Waals surface area contributed by atoms with Crippen LogP contribution in [0.1, 0.15) is 41.4 Å². The number of nitrogens with one attached hydrogen (secondary N) is 2. The van der Waals surface area contributed by atoms with Gasteiger partial charge >= 0.3 is 0 Å². The predicted molar refractivity (Wildman–Crippen MR) is 128 cm³/mol. The molecule has 0 fully saturated rings. The molecule has 2 aromatic carbocycles. The number of aromatic nitrogens is 2. The minimum absolute atomic E-state index is 0.0648. The molecule has 0 saturated heterocycles. The lowest BCUT2D eigenvalue weighted by Crippen LogP contribution is -2.36. The van der Waals surface area contributed by atoms with E-state index in [4.69, 9.17) is 9.47 Å². The number of rotatable bonds is 9. The standard InChI is InChI=1S/C25H26FN5O4/c1-3-17-13-23(32)31(30-24(17)18-6-9-21(34-2)22(12-18)35-15-26)14-16-4-7-19(8-5-16)28-25(33)20-10-11-27-29-20/h4-12,17H,3,13-15H2,1-2H3,(H,27,29)(H,28,33). The number of halogens is 1. The normalized spacial score (nSPS) is 15.5. The van der Waals surface area contributed by atoms with Crippen molar-refractivity contribution < 1.29 is 23.5 Å². The largest absolute Gasteiger partial charge is 0.493 e. The molecule has 0 spiro atoms. The molecule has 2 N–H and O–H groups in total. The third-order valence-electron chi connectivity index (χ3n) is 5.76. The van der Waals surface area contributed by atoms with Crippen LogP contribution in [0.2, 0.25) is 0 Å². The van der Waals surface area contributed by atoms with Gasteiger partial charge in [0.25, 0.3) is 5.91 Å². The van der Waals surface area contributed by atoms with Crippen LogP contribution in [0.5, 0.6) is 11.5 Å². The Labute approximate surface area is 201 Å².